The topological polar surface area (TPSA) is 64.3 Å². The van der Waals surface area contributed by atoms with Crippen molar-refractivity contribution in [2.75, 3.05) is 11.9 Å². The molecule has 0 bridgehead atoms. The molecule has 0 aliphatic carbocycles. The molecule has 108 valence electrons. The van der Waals surface area contributed by atoms with Crippen LogP contribution in [0.3, 0.4) is 0 Å². The maximum Gasteiger partial charge on any atom is 0.262 e. The summed E-state index contributed by atoms with van der Waals surface area (Å²) in [5.74, 6) is 0.497. The van der Waals surface area contributed by atoms with Crippen LogP contribution in [0.15, 0.2) is 36.4 Å². The number of hydrogen-bond acceptors (Lipinski definition) is 3. The molecule has 1 atom stereocenters. The summed E-state index contributed by atoms with van der Waals surface area (Å²) in [4.78, 5) is 11.4. The fourth-order valence-electron chi connectivity index (χ4n) is 2.23. The van der Waals surface area contributed by atoms with Crippen molar-refractivity contribution in [1.29, 1.82) is 0 Å². The average Bonchev–Trinajstić information content (AvgIpc) is 2.48. The quantitative estimate of drug-likeness (QED) is 0.741. The summed E-state index contributed by atoms with van der Waals surface area (Å²) in [5, 5.41) is 3.43. The van der Waals surface area contributed by atoms with E-state index in [1.807, 2.05) is 36.4 Å². The zero-order valence-corrected chi connectivity index (χ0v) is 13.8. The van der Waals surface area contributed by atoms with Crippen LogP contribution in [-0.2, 0) is 4.79 Å². The van der Waals surface area contributed by atoms with E-state index in [4.69, 9.17) is 22.1 Å². The van der Waals surface area contributed by atoms with Crippen molar-refractivity contribution in [3.05, 3.63) is 56.1 Å². The molecule has 0 aromatic heterocycles. The molecule has 1 amide bonds. The van der Waals surface area contributed by atoms with Gasteiger partial charge in [-0.2, -0.15) is 0 Å². The Labute approximate surface area is 140 Å². The van der Waals surface area contributed by atoms with Crippen molar-refractivity contribution in [2.24, 2.45) is 5.73 Å². The highest BCUT2D eigenvalue weighted by atomic mass is 127. The van der Waals surface area contributed by atoms with Crippen LogP contribution >= 0.6 is 34.2 Å². The minimum absolute atomic E-state index is 0.0462. The van der Waals surface area contributed by atoms with E-state index in [1.165, 1.54) is 0 Å². The number of carbonyl (C=O) groups excluding carboxylic acids is 1. The minimum atomic E-state index is -0.320. The molecule has 0 radical (unpaired) electrons. The van der Waals surface area contributed by atoms with Crippen LogP contribution in [0.2, 0.25) is 5.02 Å². The molecule has 0 fully saturated rings. The summed E-state index contributed by atoms with van der Waals surface area (Å²) < 4.78 is 6.39. The number of ether oxygens (including phenoxy) is 1. The van der Waals surface area contributed by atoms with Gasteiger partial charge in [-0.05, 0) is 64.0 Å². The molecule has 0 saturated heterocycles. The number of fused-ring (bicyclic) bond motifs is 1. The van der Waals surface area contributed by atoms with Crippen molar-refractivity contribution in [3.8, 4) is 5.75 Å². The first kappa shape index (κ1) is 14.6. The number of nitrogens with two attached hydrogens (primary N) is 1. The van der Waals surface area contributed by atoms with Gasteiger partial charge in [0.25, 0.3) is 5.91 Å². The number of carbonyl (C=O) groups is 1. The van der Waals surface area contributed by atoms with Crippen molar-refractivity contribution in [2.45, 2.75) is 6.04 Å². The predicted molar refractivity (Wildman–Crippen MR) is 90.8 cm³/mol. The number of rotatable bonds is 2. The third-order valence-electron chi connectivity index (χ3n) is 3.29. The molecule has 2 aromatic rings. The first-order valence-corrected chi connectivity index (χ1v) is 7.77. The van der Waals surface area contributed by atoms with E-state index in [9.17, 15) is 4.79 Å². The van der Waals surface area contributed by atoms with Crippen LogP contribution in [0.5, 0.6) is 5.75 Å². The standard InChI is InChI=1S/C15H12ClIN2O2/c16-9-2-3-11(17)10(6-9)15(18)8-1-4-13-12(5-8)19-14(20)7-21-13/h1-6,15H,7,18H2,(H,19,20). The first-order valence-electron chi connectivity index (χ1n) is 6.32. The van der Waals surface area contributed by atoms with E-state index >= 15 is 0 Å². The monoisotopic (exact) mass is 414 g/mol. The third kappa shape index (κ3) is 3.00. The van der Waals surface area contributed by atoms with Gasteiger partial charge in [0, 0.05) is 8.59 Å². The van der Waals surface area contributed by atoms with Gasteiger partial charge in [-0.1, -0.05) is 17.7 Å². The molecule has 1 aliphatic rings. The fraction of sp³-hybridized carbons (Fsp3) is 0.133. The van der Waals surface area contributed by atoms with Gasteiger partial charge in [-0.15, -0.1) is 0 Å². The number of benzene rings is 2. The van der Waals surface area contributed by atoms with Crippen molar-refractivity contribution in [1.82, 2.24) is 0 Å². The molecule has 1 unspecified atom stereocenters. The van der Waals surface area contributed by atoms with Crippen LogP contribution in [0.4, 0.5) is 5.69 Å². The Bertz CT molecular complexity index is 721. The third-order valence-corrected chi connectivity index (χ3v) is 4.51. The summed E-state index contributed by atoms with van der Waals surface area (Å²) in [6, 6.07) is 10.9. The average molecular weight is 415 g/mol. The number of hydrogen-bond donors (Lipinski definition) is 2. The molecule has 0 spiro atoms. The Kier molecular flexibility index (Phi) is 4.05. The lowest BCUT2D eigenvalue weighted by molar-refractivity contribution is -0.118. The van der Waals surface area contributed by atoms with Crippen molar-refractivity contribution < 1.29 is 9.53 Å². The van der Waals surface area contributed by atoms with Gasteiger partial charge in [0.15, 0.2) is 6.61 Å². The first-order chi connectivity index (χ1) is 10.0. The highest BCUT2D eigenvalue weighted by molar-refractivity contribution is 14.1. The molecule has 3 rings (SSSR count). The second kappa shape index (κ2) is 5.82. The maximum absolute atomic E-state index is 11.4. The Morgan fingerprint density at radius 2 is 2.10 bits per heavy atom. The summed E-state index contributed by atoms with van der Waals surface area (Å²) in [6.07, 6.45) is 0. The van der Waals surface area contributed by atoms with E-state index < -0.39 is 0 Å². The largest absolute Gasteiger partial charge is 0.482 e. The molecule has 3 N–H and O–H groups in total. The van der Waals surface area contributed by atoms with Crippen LogP contribution in [-0.4, -0.2) is 12.5 Å². The lowest BCUT2D eigenvalue weighted by atomic mass is 9.99. The van der Waals surface area contributed by atoms with Crippen LogP contribution < -0.4 is 15.8 Å². The van der Waals surface area contributed by atoms with Crippen molar-refractivity contribution in [3.63, 3.8) is 0 Å². The Balaban J connectivity index is 1.98. The normalized spacial score (nSPS) is 14.9. The van der Waals surface area contributed by atoms with Gasteiger partial charge in [-0.25, -0.2) is 0 Å². The smallest absolute Gasteiger partial charge is 0.262 e. The Morgan fingerprint density at radius 3 is 2.90 bits per heavy atom. The predicted octanol–water partition coefficient (Wildman–Crippen LogP) is 3.32. The maximum atomic E-state index is 11.4. The van der Waals surface area contributed by atoms with E-state index in [0.717, 1.165) is 14.7 Å². The molecule has 1 aliphatic heterocycles. The van der Waals surface area contributed by atoms with Gasteiger partial charge >= 0.3 is 0 Å². The highest BCUT2D eigenvalue weighted by Crippen LogP contribution is 2.33. The zero-order chi connectivity index (χ0) is 15.0. The van der Waals surface area contributed by atoms with Crippen LogP contribution in [0.25, 0.3) is 0 Å². The van der Waals surface area contributed by atoms with Gasteiger partial charge < -0.3 is 15.8 Å². The SMILES string of the molecule is NC(c1ccc2c(c1)NC(=O)CO2)c1cc(Cl)ccc1I. The van der Waals surface area contributed by atoms with Gasteiger partial charge in [0.2, 0.25) is 0 Å². The number of nitrogens with one attached hydrogen (secondary N) is 1. The molecule has 2 aromatic carbocycles. The summed E-state index contributed by atoms with van der Waals surface area (Å²) in [6.45, 7) is 0.0462. The molecule has 1 heterocycles. The number of anilines is 1. The van der Waals surface area contributed by atoms with Crippen LogP contribution in [0.1, 0.15) is 17.2 Å². The number of halogens is 2. The summed E-state index contributed by atoms with van der Waals surface area (Å²) in [5.41, 5.74) is 8.82. The van der Waals surface area contributed by atoms with Crippen LogP contribution in [0, 0.1) is 3.57 Å². The Morgan fingerprint density at radius 1 is 1.29 bits per heavy atom. The molecular formula is C15H12ClIN2O2. The molecule has 0 saturated carbocycles. The van der Waals surface area contributed by atoms with E-state index in [1.54, 1.807) is 0 Å². The number of amides is 1. The van der Waals surface area contributed by atoms with E-state index in [0.29, 0.717) is 16.5 Å². The van der Waals surface area contributed by atoms with Gasteiger partial charge in [-0.3, -0.25) is 4.79 Å². The molecule has 4 nitrogen and oxygen atoms in total. The van der Waals surface area contributed by atoms with Gasteiger partial charge in [0.05, 0.1) is 11.7 Å². The second-order valence-electron chi connectivity index (χ2n) is 4.74. The zero-order valence-electron chi connectivity index (χ0n) is 10.9. The van der Waals surface area contributed by atoms with E-state index in [-0.39, 0.29) is 18.6 Å². The molecule has 21 heavy (non-hydrogen) atoms. The lowest BCUT2D eigenvalue weighted by Crippen LogP contribution is -2.25. The lowest BCUT2D eigenvalue weighted by Gasteiger charge is -2.21. The fourth-order valence-corrected chi connectivity index (χ4v) is 3.08. The minimum Gasteiger partial charge on any atom is -0.482 e. The molecular weight excluding hydrogens is 403 g/mol. The van der Waals surface area contributed by atoms with Crippen molar-refractivity contribution >= 4 is 45.8 Å². The molecule has 6 heteroatoms. The Hall–Kier alpha value is -1.31. The summed E-state index contributed by atoms with van der Waals surface area (Å²) in [7, 11) is 0. The highest BCUT2D eigenvalue weighted by Gasteiger charge is 2.19. The summed E-state index contributed by atoms with van der Waals surface area (Å²) >= 11 is 8.28. The second-order valence-corrected chi connectivity index (χ2v) is 6.33. The van der Waals surface area contributed by atoms with E-state index in [2.05, 4.69) is 27.9 Å². The van der Waals surface area contributed by atoms with Gasteiger partial charge in [0.1, 0.15) is 5.75 Å².